The Morgan fingerprint density at radius 3 is 2.61 bits per heavy atom. The van der Waals surface area contributed by atoms with Gasteiger partial charge in [0.1, 0.15) is 10.6 Å². The minimum Gasteiger partial charge on any atom is -0.465 e. The normalized spacial score (nSPS) is 10.7. The Balaban J connectivity index is 1.53. The fourth-order valence-electron chi connectivity index (χ4n) is 3.82. The van der Waals surface area contributed by atoms with Crippen LogP contribution in [-0.4, -0.2) is 53.6 Å². The van der Waals surface area contributed by atoms with Crippen LogP contribution in [0.1, 0.15) is 15.9 Å². The van der Waals surface area contributed by atoms with Gasteiger partial charge in [-0.2, -0.15) is 0 Å². The van der Waals surface area contributed by atoms with Crippen LogP contribution in [0.2, 0.25) is 0 Å². The first-order valence-electron chi connectivity index (χ1n) is 11.8. The Morgan fingerprint density at radius 1 is 1.16 bits per heavy atom. The molecule has 1 N–H and O–H groups in total. The van der Waals surface area contributed by atoms with E-state index in [1.807, 2.05) is 84.4 Å². The van der Waals surface area contributed by atoms with Crippen molar-refractivity contribution in [3.05, 3.63) is 77.7 Å². The lowest BCUT2D eigenvalue weighted by Crippen LogP contribution is -2.16. The molecule has 2 aromatic heterocycles. The van der Waals surface area contributed by atoms with Crippen LogP contribution in [-0.2, 0) is 16.1 Å². The zero-order chi connectivity index (χ0) is 27.2. The number of allylic oxidation sites excluding steroid dienone is 1. The van der Waals surface area contributed by atoms with Crippen molar-refractivity contribution >= 4 is 45.7 Å². The third-order valence-corrected chi connectivity index (χ3v) is 7.64. The zero-order valence-corrected chi connectivity index (χ0v) is 23.4. The molecule has 0 aliphatic carbocycles. The number of thiophene rings is 1. The summed E-state index contributed by atoms with van der Waals surface area (Å²) < 4.78 is 6.95. The lowest BCUT2D eigenvalue weighted by atomic mass is 10.0. The summed E-state index contributed by atoms with van der Waals surface area (Å²) in [6.07, 6.45) is 1.77. The zero-order valence-electron chi connectivity index (χ0n) is 21.7. The molecule has 4 rings (SSSR count). The average Bonchev–Trinajstić information content (AvgIpc) is 3.52. The number of carbonyl (C=O) groups is 2. The van der Waals surface area contributed by atoms with Crippen LogP contribution in [0.5, 0.6) is 0 Å². The number of aromatic nitrogens is 3. The molecule has 0 fully saturated rings. The van der Waals surface area contributed by atoms with E-state index in [4.69, 9.17) is 4.74 Å². The number of hydrogen-bond acceptors (Lipinski definition) is 8. The van der Waals surface area contributed by atoms with Gasteiger partial charge in [0.05, 0.1) is 12.9 Å². The molecule has 0 saturated heterocycles. The highest BCUT2D eigenvalue weighted by Gasteiger charge is 2.23. The molecule has 0 aliphatic heterocycles. The molecule has 0 radical (unpaired) electrons. The Labute approximate surface area is 230 Å². The van der Waals surface area contributed by atoms with Gasteiger partial charge in [0.15, 0.2) is 11.0 Å². The number of carbonyl (C=O) groups excluding carboxylic acids is 2. The van der Waals surface area contributed by atoms with Crippen molar-refractivity contribution in [3.8, 4) is 22.5 Å². The first-order valence-corrected chi connectivity index (χ1v) is 13.7. The van der Waals surface area contributed by atoms with E-state index in [-0.39, 0.29) is 11.7 Å². The van der Waals surface area contributed by atoms with E-state index in [1.54, 1.807) is 6.08 Å². The molecule has 0 spiro atoms. The molecule has 2 aromatic carbocycles. The predicted molar refractivity (Wildman–Crippen MR) is 155 cm³/mol. The number of hydrogen-bond donors (Lipinski definition) is 1. The first-order chi connectivity index (χ1) is 18.3. The summed E-state index contributed by atoms with van der Waals surface area (Å²) >= 11 is 2.57. The summed E-state index contributed by atoms with van der Waals surface area (Å²) in [5.41, 5.74) is 5.04. The number of rotatable bonds is 10. The molecular weight excluding hydrogens is 518 g/mol. The number of nitrogens with zero attached hydrogens (tertiary/aromatic N) is 4. The van der Waals surface area contributed by atoms with Gasteiger partial charge in [-0.1, -0.05) is 59.8 Å². The summed E-state index contributed by atoms with van der Waals surface area (Å²) in [5.74, 6) is 0.0260. The topological polar surface area (TPSA) is 89.3 Å². The van der Waals surface area contributed by atoms with E-state index in [0.29, 0.717) is 28.1 Å². The number of thioether (sulfide) groups is 1. The number of methoxy groups -OCH3 is 1. The van der Waals surface area contributed by atoms with Gasteiger partial charge in [-0.05, 0) is 24.6 Å². The molecular formula is C28H29N5O3S2. The smallest absolute Gasteiger partial charge is 0.341 e. The van der Waals surface area contributed by atoms with Crippen molar-refractivity contribution < 1.29 is 14.3 Å². The second-order valence-electron chi connectivity index (χ2n) is 8.70. The third kappa shape index (κ3) is 5.98. The van der Waals surface area contributed by atoms with E-state index in [9.17, 15) is 9.59 Å². The van der Waals surface area contributed by atoms with E-state index in [0.717, 1.165) is 27.9 Å². The minimum absolute atomic E-state index is 0.0887. The molecule has 196 valence electrons. The lowest BCUT2D eigenvalue weighted by Gasteiger charge is -2.14. The maximum absolute atomic E-state index is 12.9. The Bertz CT molecular complexity index is 1460. The van der Waals surface area contributed by atoms with Crippen molar-refractivity contribution in [2.45, 2.75) is 18.6 Å². The van der Waals surface area contributed by atoms with Crippen LogP contribution in [0, 0.1) is 6.92 Å². The Morgan fingerprint density at radius 2 is 1.92 bits per heavy atom. The molecule has 0 unspecified atom stereocenters. The van der Waals surface area contributed by atoms with Gasteiger partial charge >= 0.3 is 5.97 Å². The first kappa shape index (κ1) is 27.2. The van der Waals surface area contributed by atoms with Crippen molar-refractivity contribution in [1.82, 2.24) is 14.8 Å². The van der Waals surface area contributed by atoms with Gasteiger partial charge in [-0.3, -0.25) is 9.36 Å². The monoisotopic (exact) mass is 547 g/mol. The second-order valence-corrected chi connectivity index (χ2v) is 10.5. The van der Waals surface area contributed by atoms with Crippen molar-refractivity contribution in [1.29, 1.82) is 0 Å². The number of anilines is 2. The number of ether oxygens (including phenoxy) is 1. The van der Waals surface area contributed by atoms with Crippen molar-refractivity contribution in [3.63, 3.8) is 0 Å². The van der Waals surface area contributed by atoms with E-state index < -0.39 is 5.97 Å². The van der Waals surface area contributed by atoms with E-state index >= 15 is 0 Å². The van der Waals surface area contributed by atoms with Crippen LogP contribution >= 0.6 is 23.1 Å². The van der Waals surface area contributed by atoms with Gasteiger partial charge in [0.2, 0.25) is 5.91 Å². The molecule has 0 atom stereocenters. The quantitative estimate of drug-likeness (QED) is 0.154. The lowest BCUT2D eigenvalue weighted by molar-refractivity contribution is -0.113. The summed E-state index contributed by atoms with van der Waals surface area (Å²) in [6.45, 7) is 6.36. The van der Waals surface area contributed by atoms with Gasteiger partial charge < -0.3 is 15.0 Å². The summed E-state index contributed by atoms with van der Waals surface area (Å²) in [7, 11) is 5.30. The summed E-state index contributed by atoms with van der Waals surface area (Å²) in [6, 6.07) is 15.9. The molecule has 10 heteroatoms. The molecule has 0 bridgehead atoms. The number of nitrogens with one attached hydrogen (secondary N) is 1. The van der Waals surface area contributed by atoms with Crippen molar-refractivity contribution in [2.75, 3.05) is 37.2 Å². The van der Waals surface area contributed by atoms with Crippen LogP contribution in [0.4, 0.5) is 10.7 Å². The highest BCUT2D eigenvalue weighted by atomic mass is 32.2. The second kappa shape index (κ2) is 12.1. The molecule has 0 saturated carbocycles. The minimum atomic E-state index is -0.500. The van der Waals surface area contributed by atoms with E-state index in [1.165, 1.54) is 30.2 Å². The number of amides is 1. The van der Waals surface area contributed by atoms with Crippen LogP contribution < -0.4 is 10.2 Å². The Hall–Kier alpha value is -3.89. The highest BCUT2D eigenvalue weighted by molar-refractivity contribution is 7.99. The van der Waals surface area contributed by atoms with Gasteiger partial charge in [0.25, 0.3) is 0 Å². The number of aryl methyl sites for hydroxylation is 1. The van der Waals surface area contributed by atoms with E-state index in [2.05, 4.69) is 22.1 Å². The fraction of sp³-hybridized carbons (Fsp3) is 0.214. The predicted octanol–water partition coefficient (Wildman–Crippen LogP) is 5.75. The van der Waals surface area contributed by atoms with Gasteiger partial charge in [-0.15, -0.1) is 28.1 Å². The third-order valence-electron chi connectivity index (χ3n) is 5.78. The molecule has 1 amide bonds. The molecule has 2 heterocycles. The highest BCUT2D eigenvalue weighted by Crippen LogP contribution is 2.36. The molecule has 8 nitrogen and oxygen atoms in total. The maximum atomic E-state index is 12.9. The fourth-order valence-corrected chi connectivity index (χ4v) is 5.54. The van der Waals surface area contributed by atoms with Gasteiger partial charge in [0, 0.05) is 42.8 Å². The largest absolute Gasteiger partial charge is 0.465 e. The SMILES string of the molecule is C=CCn1c(SCC(=O)Nc2scc(-c3ccc(C)cc3)c2C(=O)OC)nnc1-c1cccc(N(C)C)c1. The molecule has 38 heavy (non-hydrogen) atoms. The maximum Gasteiger partial charge on any atom is 0.341 e. The Kier molecular flexibility index (Phi) is 8.65. The van der Waals surface area contributed by atoms with Gasteiger partial charge in [-0.25, -0.2) is 4.79 Å². The summed E-state index contributed by atoms with van der Waals surface area (Å²) in [5, 5.41) is 14.5. The van der Waals surface area contributed by atoms with Crippen molar-refractivity contribution in [2.24, 2.45) is 0 Å². The molecule has 4 aromatic rings. The summed E-state index contributed by atoms with van der Waals surface area (Å²) in [4.78, 5) is 27.6. The number of benzene rings is 2. The van der Waals surface area contributed by atoms with Crippen LogP contribution in [0.15, 0.2) is 71.7 Å². The molecule has 0 aliphatic rings. The van der Waals surface area contributed by atoms with Crippen LogP contribution in [0.3, 0.4) is 0 Å². The number of esters is 1. The van der Waals surface area contributed by atoms with Crippen LogP contribution in [0.25, 0.3) is 22.5 Å². The standard InChI is InChI=1S/C28H29N5O3S2/c1-6-14-33-25(20-8-7-9-21(15-20)32(3)4)30-31-28(33)38-17-23(34)29-26-24(27(35)36-5)22(16-37-26)19-12-10-18(2)11-13-19/h6-13,15-16H,1,14,17H2,2-5H3,(H,29,34). The average molecular weight is 548 g/mol.